The summed E-state index contributed by atoms with van der Waals surface area (Å²) in [6, 6.07) is 0. The number of rotatable bonds is 54. The average Bonchev–Trinajstić information content (AvgIpc) is 3.37. The summed E-state index contributed by atoms with van der Waals surface area (Å²) in [5, 5.41) is 0. The summed E-state index contributed by atoms with van der Waals surface area (Å²) in [4.78, 5) is 38.2. The fourth-order valence-electron chi connectivity index (χ4n) is 8.34. The summed E-state index contributed by atoms with van der Waals surface area (Å²) in [5.74, 6) is -0.926. The third-order valence-corrected chi connectivity index (χ3v) is 12.9. The van der Waals surface area contributed by atoms with E-state index in [-0.39, 0.29) is 31.1 Å². The minimum Gasteiger partial charge on any atom is -0.462 e. The SMILES string of the molecule is CC/C=C\C/C=C\C/C=C\CCCCCC(=O)OCC(COC(=O)CCCCCCCCCC/C=C\C/C=C\C/C=C\CCCCCCC)OC(=O)CCCCCCCCC/C=C\CCCCCCCC. The maximum atomic E-state index is 12.9. The van der Waals surface area contributed by atoms with Gasteiger partial charge < -0.3 is 14.2 Å². The molecule has 0 spiro atoms. The lowest BCUT2D eigenvalue weighted by atomic mass is 10.1. The molecule has 0 bridgehead atoms. The van der Waals surface area contributed by atoms with Gasteiger partial charge in [-0.25, -0.2) is 0 Å². The fourth-order valence-corrected chi connectivity index (χ4v) is 8.34. The van der Waals surface area contributed by atoms with Crippen LogP contribution in [0.1, 0.15) is 290 Å². The molecule has 0 amide bonds. The minimum absolute atomic E-state index is 0.0914. The molecule has 0 heterocycles. The van der Waals surface area contributed by atoms with Gasteiger partial charge in [0.1, 0.15) is 13.2 Å². The van der Waals surface area contributed by atoms with Gasteiger partial charge in [0.15, 0.2) is 6.10 Å². The van der Waals surface area contributed by atoms with Crippen molar-refractivity contribution in [2.24, 2.45) is 0 Å². The Labute approximate surface area is 439 Å². The van der Waals surface area contributed by atoms with Crippen molar-refractivity contribution < 1.29 is 28.6 Å². The van der Waals surface area contributed by atoms with Crippen molar-refractivity contribution in [1.82, 2.24) is 0 Å². The van der Waals surface area contributed by atoms with E-state index in [1.807, 2.05) is 0 Å². The molecule has 408 valence electrons. The van der Waals surface area contributed by atoms with Gasteiger partial charge in [0.2, 0.25) is 0 Å². The van der Waals surface area contributed by atoms with E-state index in [2.05, 4.69) is 106 Å². The number of hydrogen-bond donors (Lipinski definition) is 0. The highest BCUT2D eigenvalue weighted by molar-refractivity contribution is 5.71. The largest absolute Gasteiger partial charge is 0.462 e. The van der Waals surface area contributed by atoms with Crippen LogP contribution in [0.4, 0.5) is 0 Å². The Morgan fingerprint density at radius 3 is 0.887 bits per heavy atom. The topological polar surface area (TPSA) is 78.9 Å². The molecule has 1 unspecified atom stereocenters. The molecule has 0 aromatic rings. The van der Waals surface area contributed by atoms with E-state index in [0.717, 1.165) is 103 Å². The predicted octanol–water partition coefficient (Wildman–Crippen LogP) is 20.3. The van der Waals surface area contributed by atoms with Crippen LogP contribution >= 0.6 is 0 Å². The second-order valence-electron chi connectivity index (χ2n) is 19.9. The number of carbonyl (C=O) groups excluding carboxylic acids is 3. The van der Waals surface area contributed by atoms with Crippen LogP contribution in [-0.4, -0.2) is 37.2 Å². The highest BCUT2D eigenvalue weighted by Crippen LogP contribution is 2.15. The monoisotopic (exact) mass is 989 g/mol. The maximum absolute atomic E-state index is 12.9. The standard InChI is InChI=1S/C65H112O6/c1-4-7-10-13-16-19-22-25-27-29-30-31-32-33-34-36-37-40-43-46-49-52-55-58-64(67)70-61-62(60-69-63(66)57-54-51-48-45-42-39-24-21-18-15-12-9-6-3)71-65(68)59-56-53-50-47-44-41-38-35-28-26-23-20-17-14-11-8-5-2/h9,12,18,21-22,25-26,28-30,32-33,39,42,62H,4-8,10-11,13-17,19-20,23-24,27,31,34-38,40-41,43-61H2,1-3H3/b12-9-,21-18-,25-22-,28-26-,30-29-,33-32-,42-39-. The van der Waals surface area contributed by atoms with E-state index in [1.165, 1.54) is 148 Å². The van der Waals surface area contributed by atoms with E-state index in [0.29, 0.717) is 19.3 Å². The van der Waals surface area contributed by atoms with Crippen LogP contribution < -0.4 is 0 Å². The second-order valence-corrected chi connectivity index (χ2v) is 19.9. The molecule has 6 nitrogen and oxygen atoms in total. The van der Waals surface area contributed by atoms with Crippen LogP contribution in [0.5, 0.6) is 0 Å². The third-order valence-electron chi connectivity index (χ3n) is 12.9. The average molecular weight is 990 g/mol. The zero-order valence-electron chi connectivity index (χ0n) is 46.7. The Balaban J connectivity index is 4.37. The van der Waals surface area contributed by atoms with Gasteiger partial charge in [-0.3, -0.25) is 14.4 Å². The predicted molar refractivity (Wildman–Crippen MR) is 307 cm³/mol. The van der Waals surface area contributed by atoms with Crippen molar-refractivity contribution in [1.29, 1.82) is 0 Å². The van der Waals surface area contributed by atoms with Crippen LogP contribution in [0.3, 0.4) is 0 Å². The van der Waals surface area contributed by atoms with Crippen LogP contribution in [0.15, 0.2) is 85.1 Å². The van der Waals surface area contributed by atoms with E-state index in [9.17, 15) is 14.4 Å². The van der Waals surface area contributed by atoms with Gasteiger partial charge >= 0.3 is 17.9 Å². The van der Waals surface area contributed by atoms with Crippen molar-refractivity contribution in [3.63, 3.8) is 0 Å². The molecule has 0 aromatic carbocycles. The first-order valence-corrected chi connectivity index (χ1v) is 30.1. The molecule has 6 heteroatoms. The summed E-state index contributed by atoms with van der Waals surface area (Å²) in [6.07, 6.45) is 77.2. The van der Waals surface area contributed by atoms with E-state index >= 15 is 0 Å². The van der Waals surface area contributed by atoms with Crippen LogP contribution in [-0.2, 0) is 28.6 Å². The van der Waals surface area contributed by atoms with Crippen molar-refractivity contribution in [3.05, 3.63) is 85.1 Å². The van der Waals surface area contributed by atoms with Gasteiger partial charge in [0, 0.05) is 19.3 Å². The van der Waals surface area contributed by atoms with E-state index in [4.69, 9.17) is 14.2 Å². The minimum atomic E-state index is -0.795. The fraction of sp³-hybridized carbons (Fsp3) is 0.738. The lowest BCUT2D eigenvalue weighted by Gasteiger charge is -2.18. The smallest absolute Gasteiger partial charge is 0.306 e. The Morgan fingerprint density at radius 2 is 0.549 bits per heavy atom. The third kappa shape index (κ3) is 57.4. The van der Waals surface area contributed by atoms with Crippen molar-refractivity contribution in [3.8, 4) is 0 Å². The van der Waals surface area contributed by atoms with Crippen LogP contribution in [0, 0.1) is 0 Å². The normalized spacial score (nSPS) is 12.7. The van der Waals surface area contributed by atoms with Crippen LogP contribution in [0.25, 0.3) is 0 Å². The van der Waals surface area contributed by atoms with Crippen LogP contribution in [0.2, 0.25) is 0 Å². The summed E-state index contributed by atoms with van der Waals surface area (Å²) in [7, 11) is 0. The molecule has 0 N–H and O–H groups in total. The maximum Gasteiger partial charge on any atom is 0.306 e. The molecule has 0 radical (unpaired) electrons. The summed E-state index contributed by atoms with van der Waals surface area (Å²) >= 11 is 0. The molecule has 0 fully saturated rings. The molecule has 0 saturated carbocycles. The zero-order valence-corrected chi connectivity index (χ0v) is 46.7. The Hall–Kier alpha value is -3.41. The lowest BCUT2D eigenvalue weighted by Crippen LogP contribution is -2.30. The Morgan fingerprint density at radius 1 is 0.296 bits per heavy atom. The molecule has 0 aromatic heterocycles. The number of esters is 3. The molecule has 0 saturated heterocycles. The molecular weight excluding hydrogens is 877 g/mol. The van der Waals surface area contributed by atoms with Crippen molar-refractivity contribution in [2.45, 2.75) is 297 Å². The van der Waals surface area contributed by atoms with Gasteiger partial charge in [-0.1, -0.05) is 241 Å². The first kappa shape index (κ1) is 67.6. The van der Waals surface area contributed by atoms with Gasteiger partial charge in [0.05, 0.1) is 0 Å². The van der Waals surface area contributed by atoms with E-state index < -0.39 is 6.10 Å². The summed E-state index contributed by atoms with van der Waals surface area (Å²) < 4.78 is 16.9. The zero-order chi connectivity index (χ0) is 51.4. The summed E-state index contributed by atoms with van der Waals surface area (Å²) in [6.45, 7) is 6.49. The van der Waals surface area contributed by atoms with Gasteiger partial charge in [-0.15, -0.1) is 0 Å². The Kier molecular flexibility index (Phi) is 56.3. The van der Waals surface area contributed by atoms with Crippen molar-refractivity contribution in [2.75, 3.05) is 13.2 Å². The summed E-state index contributed by atoms with van der Waals surface area (Å²) in [5.41, 5.74) is 0. The Bertz CT molecular complexity index is 1370. The molecular formula is C65H112O6. The number of carbonyl (C=O) groups is 3. The molecule has 71 heavy (non-hydrogen) atoms. The molecule has 0 aliphatic heterocycles. The van der Waals surface area contributed by atoms with Gasteiger partial charge in [0.25, 0.3) is 0 Å². The number of hydrogen-bond acceptors (Lipinski definition) is 6. The second kappa shape index (κ2) is 59.2. The number of ether oxygens (including phenoxy) is 3. The lowest BCUT2D eigenvalue weighted by molar-refractivity contribution is -0.167. The molecule has 0 rings (SSSR count). The van der Waals surface area contributed by atoms with E-state index in [1.54, 1.807) is 0 Å². The number of allylic oxidation sites excluding steroid dienone is 14. The van der Waals surface area contributed by atoms with Crippen molar-refractivity contribution >= 4 is 17.9 Å². The molecule has 1 atom stereocenters. The highest BCUT2D eigenvalue weighted by Gasteiger charge is 2.19. The highest BCUT2D eigenvalue weighted by atomic mass is 16.6. The quantitative estimate of drug-likeness (QED) is 0.0261. The van der Waals surface area contributed by atoms with Gasteiger partial charge in [-0.2, -0.15) is 0 Å². The molecule has 0 aliphatic rings. The molecule has 0 aliphatic carbocycles. The van der Waals surface area contributed by atoms with Gasteiger partial charge in [-0.05, 0) is 116 Å². The first-order chi connectivity index (χ1) is 35.0. The first-order valence-electron chi connectivity index (χ1n) is 30.1. The number of unbranched alkanes of at least 4 members (excludes halogenated alkanes) is 29.